The average molecular weight is 296 g/mol. The molecule has 0 spiro atoms. The van der Waals surface area contributed by atoms with Crippen LogP contribution < -0.4 is 0 Å². The van der Waals surface area contributed by atoms with Gasteiger partial charge in [-0.3, -0.25) is 0 Å². The highest BCUT2D eigenvalue weighted by Crippen LogP contribution is 2.32. The first-order valence-electron chi connectivity index (χ1n) is 8.81. The standard InChI is InChI=1S/C17H32N2O2/c1-18(17(20)21)13-9-15-5-7-16(8-6-15)10-14-19-11-3-2-4-12-19/h15-16H,2-14H2,1H3,(H,20,21). The lowest BCUT2D eigenvalue weighted by Crippen LogP contribution is -2.32. The van der Waals surface area contributed by atoms with Gasteiger partial charge in [0, 0.05) is 13.6 Å². The van der Waals surface area contributed by atoms with Gasteiger partial charge in [-0.1, -0.05) is 32.1 Å². The highest BCUT2D eigenvalue weighted by atomic mass is 16.4. The second kappa shape index (κ2) is 8.62. The van der Waals surface area contributed by atoms with Gasteiger partial charge in [-0.25, -0.2) is 4.79 Å². The minimum Gasteiger partial charge on any atom is -0.465 e. The minimum absolute atomic E-state index is 0.693. The molecule has 0 radical (unpaired) electrons. The molecule has 0 atom stereocenters. The van der Waals surface area contributed by atoms with Crippen LogP contribution in [-0.4, -0.2) is 54.2 Å². The summed E-state index contributed by atoms with van der Waals surface area (Å²) in [6, 6.07) is 0. The van der Waals surface area contributed by atoms with Gasteiger partial charge in [0.05, 0.1) is 0 Å². The SMILES string of the molecule is CN(CCC1CCC(CCN2CCCCC2)CC1)C(=O)O. The zero-order valence-corrected chi connectivity index (χ0v) is 13.6. The van der Waals surface area contributed by atoms with Crippen molar-refractivity contribution in [1.82, 2.24) is 9.80 Å². The van der Waals surface area contributed by atoms with Gasteiger partial charge >= 0.3 is 6.09 Å². The molecule has 0 aromatic carbocycles. The van der Waals surface area contributed by atoms with Crippen LogP contribution in [0, 0.1) is 11.8 Å². The Bertz CT molecular complexity index is 308. The van der Waals surface area contributed by atoms with Crippen molar-refractivity contribution in [2.45, 2.75) is 57.8 Å². The van der Waals surface area contributed by atoms with Gasteiger partial charge in [-0.15, -0.1) is 0 Å². The topological polar surface area (TPSA) is 43.8 Å². The molecule has 1 heterocycles. The van der Waals surface area contributed by atoms with Crippen LogP contribution in [0.15, 0.2) is 0 Å². The molecule has 2 rings (SSSR count). The molecule has 0 bridgehead atoms. The first-order chi connectivity index (χ1) is 10.1. The molecule has 1 saturated heterocycles. The Hall–Kier alpha value is -0.770. The molecule has 122 valence electrons. The second-order valence-corrected chi connectivity index (χ2v) is 7.07. The number of likely N-dealkylation sites (tertiary alicyclic amines) is 1. The first-order valence-corrected chi connectivity index (χ1v) is 8.81. The summed E-state index contributed by atoms with van der Waals surface area (Å²) in [7, 11) is 1.67. The monoisotopic (exact) mass is 296 g/mol. The van der Waals surface area contributed by atoms with Crippen LogP contribution in [0.2, 0.25) is 0 Å². The first kappa shape index (κ1) is 16.6. The van der Waals surface area contributed by atoms with Crippen molar-refractivity contribution in [3.63, 3.8) is 0 Å². The molecule has 21 heavy (non-hydrogen) atoms. The van der Waals surface area contributed by atoms with Crippen LogP contribution in [0.3, 0.4) is 0 Å². The Kier molecular flexibility index (Phi) is 6.81. The normalized spacial score (nSPS) is 27.5. The maximum atomic E-state index is 10.8. The predicted molar refractivity (Wildman–Crippen MR) is 85.6 cm³/mol. The second-order valence-electron chi connectivity index (χ2n) is 7.07. The number of piperidine rings is 1. The zero-order chi connectivity index (χ0) is 15.1. The van der Waals surface area contributed by atoms with Gasteiger partial charge in [0.1, 0.15) is 0 Å². The Labute approximate surface area is 129 Å². The molecule has 1 saturated carbocycles. The van der Waals surface area contributed by atoms with E-state index in [1.807, 2.05) is 0 Å². The van der Waals surface area contributed by atoms with E-state index < -0.39 is 6.09 Å². The number of rotatable bonds is 6. The van der Waals surface area contributed by atoms with E-state index in [4.69, 9.17) is 5.11 Å². The van der Waals surface area contributed by atoms with Crippen LogP contribution in [-0.2, 0) is 0 Å². The lowest BCUT2D eigenvalue weighted by atomic mass is 9.79. The molecule has 1 amide bonds. The number of hydrogen-bond acceptors (Lipinski definition) is 2. The number of nitrogens with zero attached hydrogens (tertiary/aromatic N) is 2. The van der Waals surface area contributed by atoms with E-state index in [-0.39, 0.29) is 0 Å². The van der Waals surface area contributed by atoms with E-state index in [1.165, 1.54) is 75.9 Å². The number of carbonyl (C=O) groups is 1. The van der Waals surface area contributed by atoms with Crippen molar-refractivity contribution in [1.29, 1.82) is 0 Å². The fraction of sp³-hybridized carbons (Fsp3) is 0.941. The summed E-state index contributed by atoms with van der Waals surface area (Å²) < 4.78 is 0. The lowest BCUT2D eigenvalue weighted by Gasteiger charge is -2.32. The Balaban J connectivity index is 1.56. The summed E-state index contributed by atoms with van der Waals surface area (Å²) >= 11 is 0. The number of carboxylic acid groups (broad SMARTS) is 1. The molecule has 0 aromatic heterocycles. The third-order valence-corrected chi connectivity index (χ3v) is 5.47. The van der Waals surface area contributed by atoms with Crippen molar-refractivity contribution >= 4 is 6.09 Å². The smallest absolute Gasteiger partial charge is 0.407 e. The van der Waals surface area contributed by atoms with Crippen molar-refractivity contribution in [3.8, 4) is 0 Å². The van der Waals surface area contributed by atoms with Crippen molar-refractivity contribution in [3.05, 3.63) is 0 Å². The summed E-state index contributed by atoms with van der Waals surface area (Å²) in [5, 5.41) is 8.87. The van der Waals surface area contributed by atoms with E-state index in [9.17, 15) is 4.79 Å². The molecule has 4 nitrogen and oxygen atoms in total. The molecule has 0 unspecified atom stereocenters. The Morgan fingerprint density at radius 3 is 2.19 bits per heavy atom. The highest BCUT2D eigenvalue weighted by molar-refractivity contribution is 5.64. The molecule has 2 aliphatic rings. The number of hydrogen-bond donors (Lipinski definition) is 1. The van der Waals surface area contributed by atoms with Gasteiger partial charge in [0.25, 0.3) is 0 Å². The molecule has 1 aliphatic carbocycles. The van der Waals surface area contributed by atoms with Crippen LogP contribution in [0.4, 0.5) is 4.79 Å². The van der Waals surface area contributed by atoms with Crippen LogP contribution in [0.1, 0.15) is 57.8 Å². The van der Waals surface area contributed by atoms with Crippen molar-refractivity contribution < 1.29 is 9.90 Å². The Morgan fingerprint density at radius 2 is 1.62 bits per heavy atom. The summed E-state index contributed by atoms with van der Waals surface area (Å²) in [4.78, 5) is 14.9. The van der Waals surface area contributed by atoms with E-state index in [0.717, 1.165) is 18.3 Å². The Morgan fingerprint density at radius 1 is 1.05 bits per heavy atom. The minimum atomic E-state index is -0.801. The number of amides is 1. The molecule has 0 aromatic rings. The van der Waals surface area contributed by atoms with Gasteiger partial charge in [0.15, 0.2) is 0 Å². The maximum absolute atomic E-state index is 10.8. The van der Waals surface area contributed by atoms with E-state index in [0.29, 0.717) is 6.54 Å². The van der Waals surface area contributed by atoms with E-state index >= 15 is 0 Å². The lowest BCUT2D eigenvalue weighted by molar-refractivity contribution is 0.148. The molecule has 1 N–H and O–H groups in total. The van der Waals surface area contributed by atoms with Crippen molar-refractivity contribution in [2.75, 3.05) is 33.2 Å². The fourth-order valence-electron chi connectivity index (χ4n) is 3.83. The molecule has 4 heteroatoms. The summed E-state index contributed by atoms with van der Waals surface area (Å²) in [5.41, 5.74) is 0. The summed E-state index contributed by atoms with van der Waals surface area (Å²) in [5.74, 6) is 1.67. The van der Waals surface area contributed by atoms with Crippen LogP contribution in [0.5, 0.6) is 0 Å². The predicted octanol–water partition coefficient (Wildman–Crippen LogP) is 3.67. The largest absolute Gasteiger partial charge is 0.465 e. The molecular formula is C17H32N2O2. The highest BCUT2D eigenvalue weighted by Gasteiger charge is 2.22. The quantitative estimate of drug-likeness (QED) is 0.813. The fourth-order valence-corrected chi connectivity index (χ4v) is 3.83. The molecule has 1 aliphatic heterocycles. The third-order valence-electron chi connectivity index (χ3n) is 5.47. The van der Waals surface area contributed by atoms with Gasteiger partial charge < -0.3 is 14.9 Å². The summed E-state index contributed by atoms with van der Waals surface area (Å²) in [6.07, 6.45) is 11.1. The van der Waals surface area contributed by atoms with Crippen molar-refractivity contribution in [2.24, 2.45) is 11.8 Å². The average Bonchev–Trinajstić information content (AvgIpc) is 2.52. The van der Waals surface area contributed by atoms with E-state index in [1.54, 1.807) is 7.05 Å². The third kappa shape index (κ3) is 5.85. The summed E-state index contributed by atoms with van der Waals surface area (Å²) in [6.45, 7) is 4.63. The van der Waals surface area contributed by atoms with Crippen LogP contribution in [0.25, 0.3) is 0 Å². The van der Waals surface area contributed by atoms with Gasteiger partial charge in [-0.2, -0.15) is 0 Å². The van der Waals surface area contributed by atoms with Gasteiger partial charge in [-0.05, 0) is 57.2 Å². The zero-order valence-electron chi connectivity index (χ0n) is 13.6. The van der Waals surface area contributed by atoms with Gasteiger partial charge in [0.2, 0.25) is 0 Å². The molecular weight excluding hydrogens is 264 g/mol. The van der Waals surface area contributed by atoms with E-state index in [2.05, 4.69) is 4.90 Å². The molecule has 2 fully saturated rings. The van der Waals surface area contributed by atoms with Crippen LogP contribution >= 0.6 is 0 Å². The maximum Gasteiger partial charge on any atom is 0.407 e.